The van der Waals surface area contributed by atoms with E-state index >= 15 is 0 Å². The average Bonchev–Trinajstić information content (AvgIpc) is 3.44. The van der Waals surface area contributed by atoms with Crippen LogP contribution in [0.25, 0.3) is 10.9 Å². The monoisotopic (exact) mass is 470 g/mol. The molecule has 2 aromatic heterocycles. The molecule has 178 valence electrons. The number of para-hydroxylation sites is 1. The Hall–Kier alpha value is -3.59. The molecule has 1 amide bonds. The lowest BCUT2D eigenvalue weighted by Crippen LogP contribution is -2.26. The summed E-state index contributed by atoms with van der Waals surface area (Å²) < 4.78 is 45.1. The number of oxazole rings is 1. The van der Waals surface area contributed by atoms with Gasteiger partial charge < -0.3 is 14.7 Å². The molecule has 0 aliphatic heterocycles. The van der Waals surface area contributed by atoms with Crippen molar-refractivity contribution < 1.29 is 22.4 Å². The quantitative estimate of drug-likeness (QED) is 0.354. The van der Waals surface area contributed by atoms with Crippen molar-refractivity contribution >= 4 is 16.8 Å². The maximum atomic E-state index is 13.2. The first-order chi connectivity index (χ1) is 16.3. The van der Waals surface area contributed by atoms with Gasteiger partial charge in [-0.05, 0) is 36.6 Å². The minimum atomic E-state index is -4.41. The number of benzene rings is 2. The maximum Gasteiger partial charge on any atom is 0.416 e. The third-order valence-electron chi connectivity index (χ3n) is 5.51. The van der Waals surface area contributed by atoms with E-state index in [2.05, 4.69) is 15.3 Å². The number of alkyl halides is 3. The van der Waals surface area contributed by atoms with Crippen molar-refractivity contribution in [3.8, 4) is 0 Å². The molecule has 0 atom stereocenters. The van der Waals surface area contributed by atoms with Crippen molar-refractivity contribution in [3.05, 3.63) is 89.3 Å². The van der Waals surface area contributed by atoms with Gasteiger partial charge in [0.1, 0.15) is 6.26 Å². The minimum Gasteiger partial charge on any atom is -0.447 e. The molecule has 0 aliphatic rings. The first-order valence-corrected chi connectivity index (χ1v) is 11.0. The predicted molar refractivity (Wildman–Crippen MR) is 122 cm³/mol. The number of nitrogens with zero attached hydrogens (tertiary/aromatic N) is 2. The smallest absolute Gasteiger partial charge is 0.416 e. The molecule has 2 heterocycles. The lowest BCUT2D eigenvalue weighted by molar-refractivity contribution is -0.137. The molecular formula is C25H25F3N4O2. The predicted octanol–water partition coefficient (Wildman–Crippen LogP) is 5.17. The van der Waals surface area contributed by atoms with Crippen molar-refractivity contribution in [1.82, 2.24) is 20.2 Å². The van der Waals surface area contributed by atoms with E-state index in [-0.39, 0.29) is 24.7 Å². The van der Waals surface area contributed by atoms with E-state index in [0.29, 0.717) is 31.0 Å². The van der Waals surface area contributed by atoms with Gasteiger partial charge in [-0.3, -0.25) is 9.69 Å². The van der Waals surface area contributed by atoms with Gasteiger partial charge in [0.15, 0.2) is 5.69 Å². The highest BCUT2D eigenvalue weighted by atomic mass is 19.4. The van der Waals surface area contributed by atoms with Gasteiger partial charge in [0.05, 0.1) is 12.1 Å². The van der Waals surface area contributed by atoms with Gasteiger partial charge in [0.25, 0.3) is 5.91 Å². The number of rotatable bonds is 9. The molecule has 0 aliphatic carbocycles. The Morgan fingerprint density at radius 3 is 2.76 bits per heavy atom. The Morgan fingerprint density at radius 1 is 1.15 bits per heavy atom. The topological polar surface area (TPSA) is 74.2 Å². The van der Waals surface area contributed by atoms with Crippen molar-refractivity contribution in [2.75, 3.05) is 13.1 Å². The molecule has 6 nitrogen and oxygen atoms in total. The zero-order chi connectivity index (χ0) is 24.1. The Bertz CT molecular complexity index is 1260. The molecular weight excluding hydrogens is 445 g/mol. The zero-order valence-electron chi connectivity index (χ0n) is 18.7. The average molecular weight is 470 g/mol. The van der Waals surface area contributed by atoms with Gasteiger partial charge in [-0.2, -0.15) is 13.2 Å². The molecule has 0 saturated carbocycles. The van der Waals surface area contributed by atoms with Crippen LogP contribution >= 0.6 is 0 Å². The van der Waals surface area contributed by atoms with Crippen molar-refractivity contribution in [1.29, 1.82) is 0 Å². The molecule has 0 unspecified atom stereocenters. The van der Waals surface area contributed by atoms with Crippen molar-refractivity contribution in [2.45, 2.75) is 32.6 Å². The summed E-state index contributed by atoms with van der Waals surface area (Å²) in [5.74, 6) is -0.00660. The van der Waals surface area contributed by atoms with Crippen molar-refractivity contribution in [2.24, 2.45) is 0 Å². The van der Waals surface area contributed by atoms with Crippen LogP contribution in [0.3, 0.4) is 0 Å². The fourth-order valence-electron chi connectivity index (χ4n) is 3.87. The molecule has 0 spiro atoms. The minimum absolute atomic E-state index is 0.174. The van der Waals surface area contributed by atoms with Crippen LogP contribution in [0.2, 0.25) is 0 Å². The number of carbonyl (C=O) groups excluding carboxylic acids is 1. The van der Waals surface area contributed by atoms with E-state index in [9.17, 15) is 18.0 Å². The van der Waals surface area contributed by atoms with E-state index in [1.807, 2.05) is 35.4 Å². The van der Waals surface area contributed by atoms with Crippen LogP contribution in [0.5, 0.6) is 0 Å². The highest BCUT2D eigenvalue weighted by Gasteiger charge is 2.30. The second kappa shape index (κ2) is 10.1. The SMILES string of the molecule is CCNC(=O)c1coc(CN(CCc2c[nH]c3ccccc23)Cc2cccc(C(F)(F)F)c2)n1. The van der Waals surface area contributed by atoms with Gasteiger partial charge in [-0.1, -0.05) is 36.4 Å². The Balaban J connectivity index is 1.54. The summed E-state index contributed by atoms with van der Waals surface area (Å²) in [4.78, 5) is 21.5. The summed E-state index contributed by atoms with van der Waals surface area (Å²) in [7, 11) is 0. The second-order valence-corrected chi connectivity index (χ2v) is 8.00. The summed E-state index contributed by atoms with van der Waals surface area (Å²) >= 11 is 0. The standard InChI is InChI=1S/C25H25F3N4O2/c1-2-29-24(33)22-16-34-23(31-22)15-32(14-17-6-5-7-19(12-17)25(26,27)28)11-10-18-13-30-21-9-4-3-8-20(18)21/h3-9,12-13,16,30H,2,10-11,14-15H2,1H3,(H,29,33). The summed E-state index contributed by atoms with van der Waals surface area (Å²) in [5, 5.41) is 3.77. The first-order valence-electron chi connectivity index (χ1n) is 11.0. The van der Waals surface area contributed by atoms with Gasteiger partial charge in [-0.25, -0.2) is 4.98 Å². The molecule has 0 fully saturated rings. The fraction of sp³-hybridized carbons (Fsp3) is 0.280. The zero-order valence-corrected chi connectivity index (χ0v) is 18.7. The maximum absolute atomic E-state index is 13.2. The first kappa shape index (κ1) is 23.6. The lowest BCUT2D eigenvalue weighted by Gasteiger charge is -2.21. The Kier molecular flexibility index (Phi) is 7.02. The number of amides is 1. The second-order valence-electron chi connectivity index (χ2n) is 8.00. The number of fused-ring (bicyclic) bond motifs is 1. The van der Waals surface area contributed by atoms with Gasteiger partial charge >= 0.3 is 6.18 Å². The number of carbonyl (C=O) groups is 1. The summed E-state index contributed by atoms with van der Waals surface area (Å²) in [6.45, 7) is 3.34. The molecule has 9 heteroatoms. The number of aromatic nitrogens is 2. The van der Waals surface area contributed by atoms with E-state index in [1.165, 1.54) is 12.3 Å². The summed E-state index contributed by atoms with van der Waals surface area (Å²) in [5.41, 5.74) is 2.16. The number of aromatic amines is 1. The molecule has 4 rings (SSSR count). The van der Waals surface area contributed by atoms with Crippen molar-refractivity contribution in [3.63, 3.8) is 0 Å². The van der Waals surface area contributed by atoms with Crippen LogP contribution < -0.4 is 5.32 Å². The third-order valence-corrected chi connectivity index (χ3v) is 5.51. The Labute approximate surface area is 194 Å². The van der Waals surface area contributed by atoms with Gasteiger partial charge in [-0.15, -0.1) is 0 Å². The number of hydrogen-bond acceptors (Lipinski definition) is 4. The number of hydrogen-bond donors (Lipinski definition) is 2. The molecule has 34 heavy (non-hydrogen) atoms. The molecule has 2 aromatic carbocycles. The molecule has 0 bridgehead atoms. The van der Waals surface area contributed by atoms with Crippen LogP contribution in [-0.2, 0) is 25.7 Å². The molecule has 4 aromatic rings. The van der Waals surface area contributed by atoms with Crippen LogP contribution in [0.4, 0.5) is 13.2 Å². The lowest BCUT2D eigenvalue weighted by atomic mass is 10.1. The number of nitrogens with one attached hydrogen (secondary N) is 2. The Morgan fingerprint density at radius 2 is 1.97 bits per heavy atom. The van der Waals surface area contributed by atoms with Crippen LogP contribution in [0.15, 0.2) is 65.4 Å². The number of halogens is 3. The third kappa shape index (κ3) is 5.66. The molecule has 2 N–H and O–H groups in total. The largest absolute Gasteiger partial charge is 0.447 e. The highest BCUT2D eigenvalue weighted by molar-refractivity contribution is 5.91. The van der Waals surface area contributed by atoms with Crippen LogP contribution in [0, 0.1) is 0 Å². The van der Waals surface area contributed by atoms with E-state index in [4.69, 9.17) is 4.42 Å². The van der Waals surface area contributed by atoms with E-state index in [1.54, 1.807) is 13.0 Å². The van der Waals surface area contributed by atoms with Crippen LogP contribution in [0.1, 0.15) is 40.0 Å². The van der Waals surface area contributed by atoms with Crippen LogP contribution in [-0.4, -0.2) is 33.9 Å². The molecule has 0 saturated heterocycles. The van der Waals surface area contributed by atoms with Gasteiger partial charge in [0, 0.05) is 36.7 Å². The van der Waals surface area contributed by atoms with Gasteiger partial charge in [0.2, 0.25) is 5.89 Å². The summed E-state index contributed by atoms with van der Waals surface area (Å²) in [6, 6.07) is 13.3. The van der Waals surface area contributed by atoms with E-state index in [0.717, 1.165) is 28.6 Å². The highest BCUT2D eigenvalue weighted by Crippen LogP contribution is 2.30. The summed E-state index contributed by atoms with van der Waals surface area (Å²) in [6.07, 6.45) is -0.490. The normalized spacial score (nSPS) is 11.9. The fourth-order valence-corrected chi connectivity index (χ4v) is 3.87. The molecule has 0 radical (unpaired) electrons. The van der Waals surface area contributed by atoms with E-state index < -0.39 is 11.7 Å². The number of H-pyrrole nitrogens is 1.